The summed E-state index contributed by atoms with van der Waals surface area (Å²) in [7, 11) is 4.50. The van der Waals surface area contributed by atoms with Gasteiger partial charge in [0.25, 0.3) is 5.91 Å². The fraction of sp³-hybridized carbons (Fsp3) is 0.375. The van der Waals surface area contributed by atoms with E-state index in [0.29, 0.717) is 76.2 Å². The molecular formula is C24H28N6O5S. The van der Waals surface area contributed by atoms with Crippen molar-refractivity contribution in [1.82, 2.24) is 14.8 Å². The van der Waals surface area contributed by atoms with Gasteiger partial charge >= 0.3 is 0 Å². The summed E-state index contributed by atoms with van der Waals surface area (Å²) in [5, 5.41) is 19.6. The molecule has 11 nitrogen and oxygen atoms in total. The Bertz CT molecular complexity index is 1320. The van der Waals surface area contributed by atoms with Crippen LogP contribution in [0.15, 0.2) is 12.1 Å². The van der Waals surface area contributed by atoms with Gasteiger partial charge in [-0.25, -0.2) is 4.98 Å². The van der Waals surface area contributed by atoms with E-state index in [4.69, 9.17) is 30.8 Å². The van der Waals surface area contributed by atoms with Crippen LogP contribution in [0.25, 0.3) is 21.3 Å². The topological polar surface area (TPSA) is 160 Å². The molecule has 4 rings (SSSR count). The molecule has 0 bridgehead atoms. The van der Waals surface area contributed by atoms with Gasteiger partial charge in [-0.15, -0.1) is 11.3 Å². The van der Waals surface area contributed by atoms with E-state index >= 15 is 0 Å². The van der Waals surface area contributed by atoms with Crippen LogP contribution in [0.3, 0.4) is 0 Å². The number of fused-ring (bicyclic) bond motifs is 1. The number of nitrogen functional groups attached to an aromatic ring is 2. The monoisotopic (exact) mass is 512 g/mol. The number of piperazine rings is 1. The number of aliphatic hydroxyl groups excluding tert-OH is 1. The highest BCUT2D eigenvalue weighted by atomic mass is 32.1. The first kappa shape index (κ1) is 25.3. The molecule has 0 radical (unpaired) electrons. The molecule has 3 heterocycles. The van der Waals surface area contributed by atoms with Crippen molar-refractivity contribution in [2.24, 2.45) is 0 Å². The number of pyridine rings is 1. The molecule has 0 saturated carbocycles. The molecule has 1 saturated heterocycles. The molecule has 0 unspecified atom stereocenters. The molecule has 1 aromatic carbocycles. The van der Waals surface area contributed by atoms with Gasteiger partial charge in [0.15, 0.2) is 11.5 Å². The van der Waals surface area contributed by atoms with Crippen LogP contribution in [0.1, 0.15) is 15.2 Å². The first-order chi connectivity index (χ1) is 17.4. The Balaban J connectivity index is 1.87. The van der Waals surface area contributed by atoms with Crippen molar-refractivity contribution in [3.05, 3.63) is 22.6 Å². The van der Waals surface area contributed by atoms with Gasteiger partial charge in [-0.2, -0.15) is 5.26 Å². The van der Waals surface area contributed by atoms with E-state index in [2.05, 4.69) is 16.0 Å². The van der Waals surface area contributed by atoms with Crippen molar-refractivity contribution >= 4 is 39.0 Å². The Morgan fingerprint density at radius 3 is 2.31 bits per heavy atom. The van der Waals surface area contributed by atoms with Crippen molar-refractivity contribution < 1.29 is 24.1 Å². The van der Waals surface area contributed by atoms with Gasteiger partial charge < -0.3 is 35.7 Å². The van der Waals surface area contributed by atoms with Gasteiger partial charge in [-0.05, 0) is 17.7 Å². The molecule has 36 heavy (non-hydrogen) atoms. The van der Waals surface area contributed by atoms with E-state index in [0.717, 1.165) is 11.3 Å². The maximum absolute atomic E-state index is 13.4. The SMILES string of the molecule is COc1cc(-c2c(C#N)c(N)nc3sc(C(=O)N4CCN(CCO)CC4)c(N)c23)cc(OC)c1OC. The summed E-state index contributed by atoms with van der Waals surface area (Å²) in [6, 6.07) is 5.54. The zero-order valence-corrected chi connectivity index (χ0v) is 21.1. The molecule has 1 fully saturated rings. The summed E-state index contributed by atoms with van der Waals surface area (Å²) in [6.45, 7) is 3.02. The van der Waals surface area contributed by atoms with E-state index in [1.54, 1.807) is 17.0 Å². The lowest BCUT2D eigenvalue weighted by Crippen LogP contribution is -2.49. The van der Waals surface area contributed by atoms with E-state index in [-0.39, 0.29) is 29.6 Å². The number of methoxy groups -OCH3 is 3. The van der Waals surface area contributed by atoms with Gasteiger partial charge in [0, 0.05) is 43.7 Å². The van der Waals surface area contributed by atoms with Crippen molar-refractivity contribution in [2.45, 2.75) is 0 Å². The summed E-state index contributed by atoms with van der Waals surface area (Å²) in [5.41, 5.74) is 14.1. The number of amides is 1. The highest BCUT2D eigenvalue weighted by Gasteiger charge is 2.29. The average Bonchev–Trinajstić information content (AvgIpc) is 3.22. The molecule has 2 aromatic heterocycles. The molecule has 1 aliphatic heterocycles. The Hall–Kier alpha value is -3.79. The highest BCUT2D eigenvalue weighted by molar-refractivity contribution is 7.21. The molecule has 0 spiro atoms. The second-order valence-corrected chi connectivity index (χ2v) is 9.15. The number of hydrogen-bond acceptors (Lipinski definition) is 11. The maximum atomic E-state index is 13.4. The Morgan fingerprint density at radius 1 is 1.14 bits per heavy atom. The quantitative estimate of drug-likeness (QED) is 0.426. The van der Waals surface area contributed by atoms with Crippen LogP contribution in [-0.4, -0.2) is 86.5 Å². The Kier molecular flexibility index (Phi) is 7.35. The normalized spacial score (nSPS) is 14.0. The van der Waals surface area contributed by atoms with E-state index in [1.807, 2.05) is 0 Å². The maximum Gasteiger partial charge on any atom is 0.266 e. The third-order valence-electron chi connectivity index (χ3n) is 6.24. The number of nitrogens with zero attached hydrogens (tertiary/aromatic N) is 4. The Morgan fingerprint density at radius 2 is 1.78 bits per heavy atom. The number of ether oxygens (including phenoxy) is 3. The number of nitriles is 1. The van der Waals surface area contributed by atoms with Crippen LogP contribution >= 0.6 is 11.3 Å². The van der Waals surface area contributed by atoms with Crippen LogP contribution in [0.2, 0.25) is 0 Å². The second-order valence-electron chi connectivity index (χ2n) is 8.16. The summed E-state index contributed by atoms with van der Waals surface area (Å²) in [4.78, 5) is 22.5. The predicted molar refractivity (Wildman–Crippen MR) is 138 cm³/mol. The van der Waals surface area contributed by atoms with Crippen molar-refractivity contribution in [2.75, 3.05) is 72.1 Å². The zero-order valence-electron chi connectivity index (χ0n) is 20.3. The molecule has 0 atom stereocenters. The predicted octanol–water partition coefficient (Wildman–Crippen LogP) is 1.78. The number of carbonyl (C=O) groups excluding carboxylic acids is 1. The van der Waals surface area contributed by atoms with Crippen LogP contribution < -0.4 is 25.7 Å². The van der Waals surface area contributed by atoms with Gasteiger partial charge in [0.2, 0.25) is 5.75 Å². The highest BCUT2D eigenvalue weighted by Crippen LogP contribution is 2.47. The summed E-state index contributed by atoms with van der Waals surface area (Å²) < 4.78 is 16.4. The smallest absolute Gasteiger partial charge is 0.266 e. The lowest BCUT2D eigenvalue weighted by Gasteiger charge is -2.34. The minimum absolute atomic E-state index is 0.0339. The van der Waals surface area contributed by atoms with Crippen molar-refractivity contribution in [3.63, 3.8) is 0 Å². The van der Waals surface area contributed by atoms with Gasteiger partial charge in [0.1, 0.15) is 27.2 Å². The minimum atomic E-state index is -0.202. The minimum Gasteiger partial charge on any atom is -0.493 e. The lowest BCUT2D eigenvalue weighted by molar-refractivity contribution is 0.0620. The fourth-order valence-electron chi connectivity index (χ4n) is 4.42. The van der Waals surface area contributed by atoms with Gasteiger partial charge in [0.05, 0.1) is 33.6 Å². The molecule has 3 aromatic rings. The zero-order chi connectivity index (χ0) is 26.0. The van der Waals surface area contributed by atoms with Crippen LogP contribution in [0, 0.1) is 11.3 Å². The van der Waals surface area contributed by atoms with Gasteiger partial charge in [-0.3, -0.25) is 9.69 Å². The first-order valence-electron chi connectivity index (χ1n) is 11.2. The van der Waals surface area contributed by atoms with Crippen molar-refractivity contribution in [1.29, 1.82) is 5.26 Å². The molecule has 190 valence electrons. The largest absolute Gasteiger partial charge is 0.493 e. The molecule has 1 aliphatic rings. The molecule has 12 heteroatoms. The third kappa shape index (κ3) is 4.32. The number of hydrogen-bond donors (Lipinski definition) is 3. The fourth-order valence-corrected chi connectivity index (χ4v) is 5.50. The van der Waals surface area contributed by atoms with E-state index in [1.165, 1.54) is 21.3 Å². The van der Waals surface area contributed by atoms with Crippen LogP contribution in [0.4, 0.5) is 11.5 Å². The van der Waals surface area contributed by atoms with Gasteiger partial charge in [-0.1, -0.05) is 0 Å². The van der Waals surface area contributed by atoms with E-state index < -0.39 is 0 Å². The third-order valence-corrected chi connectivity index (χ3v) is 7.33. The molecular weight excluding hydrogens is 484 g/mol. The number of aliphatic hydroxyl groups is 1. The number of aromatic nitrogens is 1. The number of nitrogens with two attached hydrogens (primary N) is 2. The standard InChI is InChI=1S/C24H28N6O5S/c1-33-15-10-13(11-16(34-2)20(15)35-3)17-14(12-25)22(27)28-23-18(17)19(26)21(36-23)24(32)30-6-4-29(5-7-30)8-9-31/h10-11,31H,4-9,26H2,1-3H3,(H2,27,28). The first-order valence-corrected chi connectivity index (χ1v) is 12.0. The molecule has 1 amide bonds. The summed E-state index contributed by atoms with van der Waals surface area (Å²) in [6.07, 6.45) is 0. The summed E-state index contributed by atoms with van der Waals surface area (Å²) in [5.74, 6) is 1.02. The number of β-amino-alcohol motifs (C(OH)–C–C–N with tert-alkyl or cyclic N) is 1. The number of thiophene rings is 1. The number of carbonyl (C=O) groups is 1. The number of anilines is 2. The average molecular weight is 513 g/mol. The molecule has 5 N–H and O–H groups in total. The van der Waals surface area contributed by atoms with Crippen LogP contribution in [-0.2, 0) is 0 Å². The number of rotatable bonds is 7. The molecule has 0 aliphatic carbocycles. The lowest BCUT2D eigenvalue weighted by atomic mass is 9.96. The number of benzene rings is 1. The van der Waals surface area contributed by atoms with Crippen molar-refractivity contribution in [3.8, 4) is 34.4 Å². The van der Waals surface area contributed by atoms with E-state index in [9.17, 15) is 10.1 Å². The Labute approximate surface area is 212 Å². The second kappa shape index (κ2) is 10.4. The summed E-state index contributed by atoms with van der Waals surface area (Å²) >= 11 is 1.15. The van der Waals surface area contributed by atoms with Crippen LogP contribution in [0.5, 0.6) is 17.2 Å².